The molecule has 0 amide bonds. The largest absolute Gasteiger partial charge is 0.384 e. The van der Waals surface area contributed by atoms with Crippen molar-refractivity contribution in [2.75, 3.05) is 19.5 Å². The number of ether oxygens (including phenoxy) is 1. The summed E-state index contributed by atoms with van der Waals surface area (Å²) in [4.78, 5) is 0. The van der Waals surface area contributed by atoms with Gasteiger partial charge in [0.1, 0.15) is 0 Å². The van der Waals surface area contributed by atoms with Gasteiger partial charge in [0.2, 0.25) is 0 Å². The van der Waals surface area contributed by atoms with Gasteiger partial charge in [-0.1, -0.05) is 12.1 Å². The minimum absolute atomic E-state index is 0.718. The van der Waals surface area contributed by atoms with E-state index in [0.717, 1.165) is 23.7 Å². The van der Waals surface area contributed by atoms with Crippen molar-refractivity contribution in [3.8, 4) is 6.07 Å². The van der Waals surface area contributed by atoms with E-state index in [-0.39, 0.29) is 0 Å². The van der Waals surface area contributed by atoms with Gasteiger partial charge in [-0.2, -0.15) is 17.0 Å². The van der Waals surface area contributed by atoms with Crippen molar-refractivity contribution < 1.29 is 4.74 Å². The first-order chi connectivity index (χ1) is 6.86. The van der Waals surface area contributed by atoms with Gasteiger partial charge in [0, 0.05) is 18.6 Å². The molecule has 0 radical (unpaired) electrons. The molecule has 0 unspecified atom stereocenters. The lowest BCUT2D eigenvalue weighted by atomic mass is 10.2. The quantitative estimate of drug-likeness (QED) is 0.695. The Labute approximate surface area is 88.9 Å². The Morgan fingerprint density at radius 2 is 2.07 bits per heavy atom. The van der Waals surface area contributed by atoms with E-state index in [2.05, 4.69) is 6.07 Å². The van der Waals surface area contributed by atoms with Gasteiger partial charge in [-0.05, 0) is 17.7 Å². The first-order valence-corrected chi connectivity index (χ1v) is 5.58. The molecule has 2 nitrogen and oxygen atoms in total. The van der Waals surface area contributed by atoms with E-state index in [4.69, 9.17) is 10.00 Å². The summed E-state index contributed by atoms with van der Waals surface area (Å²) in [5.41, 5.74) is 1.97. The monoisotopic (exact) mass is 207 g/mol. The van der Waals surface area contributed by atoms with Gasteiger partial charge in [0.25, 0.3) is 0 Å². The number of rotatable bonds is 5. The molecule has 0 spiro atoms. The average molecular weight is 207 g/mol. The number of methoxy groups -OCH3 is 1. The normalized spacial score (nSPS) is 9.71. The number of hydrogen-bond acceptors (Lipinski definition) is 3. The van der Waals surface area contributed by atoms with E-state index in [9.17, 15) is 0 Å². The van der Waals surface area contributed by atoms with E-state index in [0.29, 0.717) is 0 Å². The van der Waals surface area contributed by atoms with Crippen molar-refractivity contribution in [1.82, 2.24) is 0 Å². The van der Waals surface area contributed by atoms with Gasteiger partial charge in [0.15, 0.2) is 0 Å². The molecule has 74 valence electrons. The molecular formula is C11H13NOS. The third-order valence-electron chi connectivity index (χ3n) is 1.78. The zero-order chi connectivity index (χ0) is 10.2. The molecule has 3 heteroatoms. The number of thioether (sulfide) groups is 1. The molecule has 0 fully saturated rings. The third-order valence-corrected chi connectivity index (χ3v) is 2.78. The van der Waals surface area contributed by atoms with Crippen LogP contribution in [0.4, 0.5) is 0 Å². The Morgan fingerprint density at radius 1 is 1.36 bits per heavy atom. The van der Waals surface area contributed by atoms with Crippen molar-refractivity contribution in [3.05, 3.63) is 35.4 Å². The highest BCUT2D eigenvalue weighted by Crippen LogP contribution is 2.12. The lowest BCUT2D eigenvalue weighted by molar-refractivity contribution is 0.218. The maximum Gasteiger partial charge on any atom is 0.0991 e. The zero-order valence-electron chi connectivity index (χ0n) is 8.19. The molecule has 1 aromatic rings. The molecule has 14 heavy (non-hydrogen) atoms. The van der Waals surface area contributed by atoms with Gasteiger partial charge < -0.3 is 4.74 Å². The topological polar surface area (TPSA) is 33.0 Å². The van der Waals surface area contributed by atoms with Crippen LogP contribution in [-0.4, -0.2) is 19.5 Å². The fourth-order valence-electron chi connectivity index (χ4n) is 1.01. The van der Waals surface area contributed by atoms with Crippen LogP contribution in [0.2, 0.25) is 0 Å². The van der Waals surface area contributed by atoms with Crippen molar-refractivity contribution in [2.24, 2.45) is 0 Å². The van der Waals surface area contributed by atoms with Crippen LogP contribution in [0.15, 0.2) is 24.3 Å². The SMILES string of the molecule is COCCSCc1ccc(C#N)cc1. The molecule has 1 aromatic carbocycles. The highest BCUT2D eigenvalue weighted by molar-refractivity contribution is 7.98. The minimum atomic E-state index is 0.718. The highest BCUT2D eigenvalue weighted by Gasteiger charge is 1.94. The fraction of sp³-hybridized carbons (Fsp3) is 0.364. The molecule has 0 bridgehead atoms. The van der Waals surface area contributed by atoms with Crippen molar-refractivity contribution >= 4 is 11.8 Å². The van der Waals surface area contributed by atoms with Gasteiger partial charge in [-0.3, -0.25) is 0 Å². The second-order valence-electron chi connectivity index (χ2n) is 2.85. The first-order valence-electron chi connectivity index (χ1n) is 4.42. The van der Waals surface area contributed by atoms with Gasteiger partial charge >= 0.3 is 0 Å². The standard InChI is InChI=1S/C11H13NOS/c1-13-6-7-14-9-11-4-2-10(8-12)3-5-11/h2-5H,6-7,9H2,1H3. The number of hydrogen-bond donors (Lipinski definition) is 0. The first kappa shape index (κ1) is 11.1. The maximum atomic E-state index is 8.60. The zero-order valence-corrected chi connectivity index (χ0v) is 9.01. The van der Waals surface area contributed by atoms with E-state index in [1.54, 1.807) is 7.11 Å². The summed E-state index contributed by atoms with van der Waals surface area (Å²) in [6, 6.07) is 9.81. The molecule has 0 saturated heterocycles. The molecule has 0 aromatic heterocycles. The van der Waals surface area contributed by atoms with Crippen molar-refractivity contribution in [1.29, 1.82) is 5.26 Å². The van der Waals surface area contributed by atoms with Crippen LogP contribution in [0.3, 0.4) is 0 Å². The van der Waals surface area contributed by atoms with Crippen molar-refractivity contribution in [3.63, 3.8) is 0 Å². The fourth-order valence-corrected chi connectivity index (χ4v) is 1.86. The van der Waals surface area contributed by atoms with Crippen LogP contribution in [0.1, 0.15) is 11.1 Å². The van der Waals surface area contributed by atoms with Crippen LogP contribution in [0.5, 0.6) is 0 Å². The Hall–Kier alpha value is -0.980. The Morgan fingerprint density at radius 3 is 2.64 bits per heavy atom. The lowest BCUT2D eigenvalue weighted by Gasteiger charge is -2.01. The van der Waals surface area contributed by atoms with Crippen LogP contribution < -0.4 is 0 Å². The van der Waals surface area contributed by atoms with Gasteiger partial charge in [-0.15, -0.1) is 0 Å². The molecule has 0 aliphatic carbocycles. The van der Waals surface area contributed by atoms with E-state index in [1.165, 1.54) is 5.56 Å². The predicted molar refractivity (Wildman–Crippen MR) is 59.2 cm³/mol. The molecule has 1 rings (SSSR count). The molecule has 0 N–H and O–H groups in total. The number of nitrogens with zero attached hydrogens (tertiary/aromatic N) is 1. The van der Waals surface area contributed by atoms with E-state index >= 15 is 0 Å². The highest BCUT2D eigenvalue weighted by atomic mass is 32.2. The Kier molecular flexibility index (Phi) is 5.13. The van der Waals surface area contributed by atoms with Crippen LogP contribution >= 0.6 is 11.8 Å². The summed E-state index contributed by atoms with van der Waals surface area (Å²) in [7, 11) is 1.71. The predicted octanol–water partition coefficient (Wildman–Crippen LogP) is 2.44. The van der Waals surface area contributed by atoms with Crippen molar-refractivity contribution in [2.45, 2.75) is 5.75 Å². The molecule has 0 saturated carbocycles. The van der Waals surface area contributed by atoms with E-state index < -0.39 is 0 Å². The maximum absolute atomic E-state index is 8.60. The minimum Gasteiger partial charge on any atom is -0.384 e. The summed E-state index contributed by atoms with van der Waals surface area (Å²) in [6.45, 7) is 0.793. The molecule has 0 heterocycles. The molecular weight excluding hydrogens is 194 g/mol. The van der Waals surface area contributed by atoms with Gasteiger partial charge in [-0.25, -0.2) is 0 Å². The molecule has 0 aliphatic rings. The van der Waals surface area contributed by atoms with E-state index in [1.807, 2.05) is 36.0 Å². The molecule has 0 aliphatic heterocycles. The lowest BCUT2D eigenvalue weighted by Crippen LogP contribution is -1.92. The second kappa shape index (κ2) is 6.47. The summed E-state index contributed by atoms with van der Waals surface area (Å²) < 4.78 is 4.95. The van der Waals surface area contributed by atoms with Crippen LogP contribution in [-0.2, 0) is 10.5 Å². The third kappa shape index (κ3) is 3.82. The van der Waals surface area contributed by atoms with Gasteiger partial charge in [0.05, 0.1) is 18.2 Å². The Bertz CT molecular complexity index is 302. The summed E-state index contributed by atoms with van der Waals surface area (Å²) in [6.07, 6.45) is 0. The number of benzene rings is 1. The summed E-state index contributed by atoms with van der Waals surface area (Å²) in [5.74, 6) is 1.99. The number of nitriles is 1. The average Bonchev–Trinajstić information content (AvgIpc) is 2.25. The van der Waals surface area contributed by atoms with Crippen LogP contribution in [0.25, 0.3) is 0 Å². The molecule has 0 atom stereocenters. The summed E-state index contributed by atoms with van der Waals surface area (Å²) >= 11 is 1.84. The smallest absolute Gasteiger partial charge is 0.0991 e. The summed E-state index contributed by atoms with van der Waals surface area (Å²) in [5, 5.41) is 8.60. The van der Waals surface area contributed by atoms with Crippen LogP contribution in [0, 0.1) is 11.3 Å². The Balaban J connectivity index is 2.33. The second-order valence-corrected chi connectivity index (χ2v) is 3.96.